The lowest BCUT2D eigenvalue weighted by Crippen LogP contribution is -2.11. The summed E-state index contributed by atoms with van der Waals surface area (Å²) in [6.45, 7) is 1.57. The Labute approximate surface area is 131 Å². The van der Waals surface area contributed by atoms with E-state index in [4.69, 9.17) is 9.15 Å². The van der Waals surface area contributed by atoms with Crippen molar-refractivity contribution in [1.29, 1.82) is 0 Å². The predicted molar refractivity (Wildman–Crippen MR) is 77.8 cm³/mol. The van der Waals surface area contributed by atoms with Crippen molar-refractivity contribution in [2.75, 3.05) is 0 Å². The van der Waals surface area contributed by atoms with Crippen LogP contribution in [-0.2, 0) is 4.74 Å². The SMILES string of the molecule is C[C@H](OC(=O)c1ccncc1F)c1nnc(-c2ccccc2)o1. The van der Waals surface area contributed by atoms with E-state index in [1.807, 2.05) is 30.3 Å². The summed E-state index contributed by atoms with van der Waals surface area (Å²) in [6, 6.07) is 10.4. The number of benzene rings is 1. The molecule has 3 aromatic rings. The molecule has 3 rings (SSSR count). The van der Waals surface area contributed by atoms with Crippen molar-refractivity contribution in [2.24, 2.45) is 0 Å². The maximum Gasteiger partial charge on any atom is 0.342 e. The summed E-state index contributed by atoms with van der Waals surface area (Å²) < 4.78 is 24.1. The lowest BCUT2D eigenvalue weighted by molar-refractivity contribution is 0.0274. The number of hydrogen-bond acceptors (Lipinski definition) is 6. The molecule has 0 aliphatic carbocycles. The summed E-state index contributed by atoms with van der Waals surface area (Å²) in [7, 11) is 0. The second-order valence-corrected chi connectivity index (χ2v) is 4.71. The van der Waals surface area contributed by atoms with Gasteiger partial charge in [-0.3, -0.25) is 4.98 Å². The molecule has 2 heterocycles. The molecule has 0 aliphatic rings. The summed E-state index contributed by atoms with van der Waals surface area (Å²) in [6.07, 6.45) is 1.45. The van der Waals surface area contributed by atoms with Gasteiger partial charge < -0.3 is 9.15 Å². The van der Waals surface area contributed by atoms with Gasteiger partial charge in [0.15, 0.2) is 11.9 Å². The molecule has 0 saturated heterocycles. The number of nitrogens with zero attached hydrogens (tertiary/aromatic N) is 3. The Bertz CT molecular complexity index is 820. The van der Waals surface area contributed by atoms with Crippen LogP contribution in [0.25, 0.3) is 11.5 Å². The largest absolute Gasteiger partial charge is 0.449 e. The van der Waals surface area contributed by atoms with Crippen LogP contribution in [0, 0.1) is 5.82 Å². The second kappa shape index (κ2) is 6.35. The fourth-order valence-corrected chi connectivity index (χ4v) is 1.91. The van der Waals surface area contributed by atoms with E-state index in [0.29, 0.717) is 5.89 Å². The van der Waals surface area contributed by atoms with Gasteiger partial charge in [-0.15, -0.1) is 10.2 Å². The van der Waals surface area contributed by atoms with Crippen LogP contribution in [0.3, 0.4) is 0 Å². The number of rotatable bonds is 4. The third-order valence-corrected chi connectivity index (χ3v) is 3.09. The molecule has 0 fully saturated rings. The van der Waals surface area contributed by atoms with Crippen LogP contribution < -0.4 is 0 Å². The third kappa shape index (κ3) is 3.23. The summed E-state index contributed by atoms with van der Waals surface area (Å²) in [5.41, 5.74) is 0.555. The first kappa shape index (κ1) is 14.8. The molecule has 2 aromatic heterocycles. The molecule has 1 atom stereocenters. The molecule has 0 radical (unpaired) electrons. The van der Waals surface area contributed by atoms with E-state index in [9.17, 15) is 9.18 Å². The number of esters is 1. The number of hydrogen-bond donors (Lipinski definition) is 0. The lowest BCUT2D eigenvalue weighted by atomic mass is 10.2. The van der Waals surface area contributed by atoms with E-state index in [2.05, 4.69) is 15.2 Å². The van der Waals surface area contributed by atoms with Gasteiger partial charge in [-0.25, -0.2) is 9.18 Å². The van der Waals surface area contributed by atoms with Gasteiger partial charge >= 0.3 is 5.97 Å². The van der Waals surface area contributed by atoms with Crippen LogP contribution >= 0.6 is 0 Å². The highest BCUT2D eigenvalue weighted by molar-refractivity contribution is 5.89. The lowest BCUT2D eigenvalue weighted by Gasteiger charge is -2.09. The van der Waals surface area contributed by atoms with E-state index < -0.39 is 17.9 Å². The highest BCUT2D eigenvalue weighted by Crippen LogP contribution is 2.23. The number of carbonyl (C=O) groups excluding carboxylic acids is 1. The molecule has 0 saturated carbocycles. The number of ether oxygens (including phenoxy) is 1. The van der Waals surface area contributed by atoms with E-state index >= 15 is 0 Å². The molecular weight excluding hydrogens is 301 g/mol. The first-order valence-corrected chi connectivity index (χ1v) is 6.84. The maximum absolute atomic E-state index is 13.5. The van der Waals surface area contributed by atoms with Crippen LogP contribution in [0.4, 0.5) is 4.39 Å². The number of halogens is 1. The van der Waals surface area contributed by atoms with Gasteiger partial charge in [0, 0.05) is 11.8 Å². The molecular formula is C16H12FN3O3. The highest BCUT2D eigenvalue weighted by atomic mass is 19.1. The van der Waals surface area contributed by atoms with Crippen molar-refractivity contribution >= 4 is 5.97 Å². The molecule has 0 aliphatic heterocycles. The number of aromatic nitrogens is 3. The first-order valence-electron chi connectivity index (χ1n) is 6.84. The van der Waals surface area contributed by atoms with Crippen LogP contribution in [0.15, 0.2) is 53.2 Å². The molecule has 0 spiro atoms. The standard InChI is InChI=1S/C16H12FN3O3/c1-10(22-16(21)12-7-8-18-9-13(12)17)14-19-20-15(23-14)11-5-3-2-4-6-11/h2-10H,1H3/t10-/m0/s1. The van der Waals surface area contributed by atoms with E-state index in [1.54, 1.807) is 6.92 Å². The van der Waals surface area contributed by atoms with Crippen LogP contribution in [0.5, 0.6) is 0 Å². The molecule has 0 N–H and O–H groups in total. The van der Waals surface area contributed by atoms with Gasteiger partial charge in [0.1, 0.15) is 0 Å². The maximum atomic E-state index is 13.5. The number of carbonyl (C=O) groups is 1. The van der Waals surface area contributed by atoms with Crippen LogP contribution in [0.2, 0.25) is 0 Å². The molecule has 0 bridgehead atoms. The molecule has 0 amide bonds. The van der Waals surface area contributed by atoms with Gasteiger partial charge in [0.2, 0.25) is 5.89 Å². The fourth-order valence-electron chi connectivity index (χ4n) is 1.91. The van der Waals surface area contributed by atoms with Crippen LogP contribution in [-0.4, -0.2) is 21.2 Å². The monoisotopic (exact) mass is 313 g/mol. The minimum Gasteiger partial charge on any atom is -0.449 e. The molecule has 7 heteroatoms. The summed E-state index contributed by atoms with van der Waals surface area (Å²) in [5.74, 6) is -1.12. The highest BCUT2D eigenvalue weighted by Gasteiger charge is 2.21. The van der Waals surface area contributed by atoms with Gasteiger partial charge in [0.05, 0.1) is 11.8 Å². The van der Waals surface area contributed by atoms with E-state index in [-0.39, 0.29) is 11.5 Å². The molecule has 0 unspecified atom stereocenters. The summed E-state index contributed by atoms with van der Waals surface area (Å²) >= 11 is 0. The van der Waals surface area contributed by atoms with Crippen molar-refractivity contribution in [1.82, 2.24) is 15.2 Å². The Hall–Kier alpha value is -3.09. The van der Waals surface area contributed by atoms with Gasteiger partial charge in [-0.05, 0) is 25.1 Å². The van der Waals surface area contributed by atoms with Crippen molar-refractivity contribution < 1.29 is 18.3 Å². The first-order chi connectivity index (χ1) is 11.1. The Kier molecular flexibility index (Phi) is 4.09. The third-order valence-electron chi connectivity index (χ3n) is 3.09. The quantitative estimate of drug-likeness (QED) is 0.688. The molecule has 1 aromatic carbocycles. The molecule has 23 heavy (non-hydrogen) atoms. The topological polar surface area (TPSA) is 78.1 Å². The van der Waals surface area contributed by atoms with E-state index in [0.717, 1.165) is 11.8 Å². The zero-order chi connectivity index (χ0) is 16.2. The van der Waals surface area contributed by atoms with Gasteiger partial charge in [-0.2, -0.15) is 0 Å². The Morgan fingerprint density at radius 2 is 2.00 bits per heavy atom. The van der Waals surface area contributed by atoms with Crippen molar-refractivity contribution in [3.05, 3.63) is 66.1 Å². The predicted octanol–water partition coefficient (Wildman–Crippen LogP) is 3.19. The van der Waals surface area contributed by atoms with Crippen LogP contribution in [0.1, 0.15) is 29.3 Å². The normalized spacial score (nSPS) is 11.9. The average Bonchev–Trinajstić information content (AvgIpc) is 3.06. The number of pyridine rings is 1. The molecule has 116 valence electrons. The van der Waals surface area contributed by atoms with Crippen molar-refractivity contribution in [3.8, 4) is 11.5 Å². The van der Waals surface area contributed by atoms with Gasteiger partial charge in [0.25, 0.3) is 5.89 Å². The molecule has 6 nitrogen and oxygen atoms in total. The minimum absolute atomic E-state index is 0.131. The Balaban J connectivity index is 1.74. The smallest absolute Gasteiger partial charge is 0.342 e. The van der Waals surface area contributed by atoms with Gasteiger partial charge in [-0.1, -0.05) is 18.2 Å². The fraction of sp³-hybridized carbons (Fsp3) is 0.125. The minimum atomic E-state index is -0.822. The Morgan fingerprint density at radius 1 is 1.22 bits per heavy atom. The zero-order valence-corrected chi connectivity index (χ0v) is 12.1. The van der Waals surface area contributed by atoms with Crippen molar-refractivity contribution in [3.63, 3.8) is 0 Å². The summed E-state index contributed by atoms with van der Waals surface area (Å²) in [5, 5.41) is 7.77. The Morgan fingerprint density at radius 3 is 2.74 bits per heavy atom. The zero-order valence-electron chi connectivity index (χ0n) is 12.1. The van der Waals surface area contributed by atoms with Crippen molar-refractivity contribution in [2.45, 2.75) is 13.0 Å². The summed E-state index contributed by atoms with van der Waals surface area (Å²) in [4.78, 5) is 15.5. The average molecular weight is 313 g/mol. The van der Waals surface area contributed by atoms with E-state index in [1.165, 1.54) is 12.3 Å². The second-order valence-electron chi connectivity index (χ2n) is 4.71.